The number of hydrogen-bond donors (Lipinski definition) is 0. The molecule has 0 aromatic rings. The van der Waals surface area contributed by atoms with Crippen LogP contribution in [-0.2, 0) is 9.59 Å². The molecule has 0 spiro atoms. The van der Waals surface area contributed by atoms with Crippen molar-refractivity contribution in [3.63, 3.8) is 0 Å². The highest BCUT2D eigenvalue weighted by molar-refractivity contribution is 6.39. The van der Waals surface area contributed by atoms with Gasteiger partial charge in [-0.25, -0.2) is 0 Å². The molecule has 0 aliphatic heterocycles. The Morgan fingerprint density at radius 3 is 1.72 bits per heavy atom. The molecule has 0 bridgehead atoms. The van der Waals surface area contributed by atoms with Crippen molar-refractivity contribution in [2.75, 3.05) is 0 Å². The van der Waals surface area contributed by atoms with E-state index < -0.39 is 0 Å². The Kier molecular flexibility index (Phi) is 7.95. The van der Waals surface area contributed by atoms with Crippen molar-refractivity contribution >= 4 is 11.6 Å². The van der Waals surface area contributed by atoms with Crippen LogP contribution in [-0.4, -0.2) is 11.6 Å². The number of Topliss-reactive ketones (excluding diaryl/α,β-unsaturated/α-hetero) is 2. The van der Waals surface area contributed by atoms with E-state index in [1.54, 1.807) is 0 Å². The molecule has 2 heteroatoms. The third-order valence-electron chi connectivity index (χ3n) is 3.98. The minimum absolute atomic E-state index is 0.129. The van der Waals surface area contributed by atoms with Gasteiger partial charge in [0.25, 0.3) is 0 Å². The standard InChI is InChI=1S/C16H28O2/c1-2-3-4-5-6-7-8-9-10-11-14-12-15(17)16(18)13-14/h14H,2-13H2,1H3. The van der Waals surface area contributed by atoms with Gasteiger partial charge in [0.15, 0.2) is 11.6 Å². The number of rotatable bonds is 10. The molecule has 0 unspecified atom stereocenters. The van der Waals surface area contributed by atoms with E-state index >= 15 is 0 Å². The summed E-state index contributed by atoms with van der Waals surface area (Å²) in [6.45, 7) is 2.25. The van der Waals surface area contributed by atoms with Crippen molar-refractivity contribution in [3.05, 3.63) is 0 Å². The van der Waals surface area contributed by atoms with E-state index in [4.69, 9.17) is 0 Å². The van der Waals surface area contributed by atoms with Gasteiger partial charge >= 0.3 is 0 Å². The van der Waals surface area contributed by atoms with Gasteiger partial charge in [-0.05, 0) is 12.3 Å². The smallest absolute Gasteiger partial charge is 0.198 e. The third-order valence-corrected chi connectivity index (χ3v) is 3.98. The molecule has 0 aromatic heterocycles. The van der Waals surface area contributed by atoms with Gasteiger partial charge in [0.05, 0.1) is 0 Å². The second-order valence-corrected chi connectivity index (χ2v) is 5.74. The van der Waals surface area contributed by atoms with Crippen molar-refractivity contribution in [3.8, 4) is 0 Å². The summed E-state index contributed by atoms with van der Waals surface area (Å²) in [5.74, 6) is 0.112. The van der Waals surface area contributed by atoms with E-state index in [0.717, 1.165) is 6.42 Å². The van der Waals surface area contributed by atoms with E-state index in [0.29, 0.717) is 18.8 Å². The fourth-order valence-electron chi connectivity index (χ4n) is 2.77. The van der Waals surface area contributed by atoms with E-state index in [2.05, 4.69) is 6.92 Å². The first kappa shape index (κ1) is 15.4. The zero-order valence-electron chi connectivity index (χ0n) is 11.9. The lowest BCUT2D eigenvalue weighted by molar-refractivity contribution is -0.134. The lowest BCUT2D eigenvalue weighted by Gasteiger charge is -2.06. The van der Waals surface area contributed by atoms with E-state index in [-0.39, 0.29) is 11.6 Å². The Hall–Kier alpha value is -0.660. The lowest BCUT2D eigenvalue weighted by Crippen LogP contribution is -2.01. The van der Waals surface area contributed by atoms with E-state index in [1.807, 2.05) is 0 Å². The van der Waals surface area contributed by atoms with Crippen molar-refractivity contribution in [1.29, 1.82) is 0 Å². The first-order chi connectivity index (χ1) is 8.74. The zero-order valence-corrected chi connectivity index (χ0v) is 11.9. The SMILES string of the molecule is CCCCCCCCCCCC1CC(=O)C(=O)C1. The normalized spacial score (nSPS) is 16.7. The average molecular weight is 252 g/mol. The highest BCUT2D eigenvalue weighted by Crippen LogP contribution is 2.25. The van der Waals surface area contributed by atoms with Crippen LogP contribution in [0, 0.1) is 5.92 Å². The van der Waals surface area contributed by atoms with Gasteiger partial charge in [-0.2, -0.15) is 0 Å². The molecule has 1 fully saturated rings. The van der Waals surface area contributed by atoms with Crippen LogP contribution >= 0.6 is 0 Å². The van der Waals surface area contributed by atoms with Crippen LogP contribution in [0.4, 0.5) is 0 Å². The number of ketones is 2. The molecular weight excluding hydrogens is 224 g/mol. The van der Waals surface area contributed by atoms with Crippen molar-refractivity contribution < 1.29 is 9.59 Å². The monoisotopic (exact) mass is 252 g/mol. The summed E-state index contributed by atoms with van der Waals surface area (Å²) in [5.41, 5.74) is 0. The molecule has 2 nitrogen and oxygen atoms in total. The van der Waals surface area contributed by atoms with Crippen LogP contribution in [0.25, 0.3) is 0 Å². The maximum absolute atomic E-state index is 11.1. The third kappa shape index (κ3) is 6.32. The van der Waals surface area contributed by atoms with Crippen LogP contribution in [0.5, 0.6) is 0 Å². The summed E-state index contributed by atoms with van der Waals surface area (Å²) >= 11 is 0. The molecule has 0 radical (unpaired) electrons. The van der Waals surface area contributed by atoms with Gasteiger partial charge in [0, 0.05) is 12.8 Å². The van der Waals surface area contributed by atoms with Gasteiger partial charge in [-0.15, -0.1) is 0 Å². The van der Waals surface area contributed by atoms with Crippen LogP contribution in [0.3, 0.4) is 0 Å². The molecule has 1 saturated carbocycles. The maximum atomic E-state index is 11.1. The second kappa shape index (κ2) is 9.29. The van der Waals surface area contributed by atoms with Gasteiger partial charge in [0.2, 0.25) is 0 Å². The number of unbranched alkanes of at least 4 members (excludes halogenated alkanes) is 8. The quantitative estimate of drug-likeness (QED) is 0.425. The molecule has 1 aliphatic carbocycles. The second-order valence-electron chi connectivity index (χ2n) is 5.74. The molecule has 1 rings (SSSR count). The minimum atomic E-state index is -0.129. The Bertz CT molecular complexity index is 242. The van der Waals surface area contributed by atoms with Gasteiger partial charge in [0.1, 0.15) is 0 Å². The molecule has 0 saturated heterocycles. The molecule has 0 amide bonds. The maximum Gasteiger partial charge on any atom is 0.198 e. The largest absolute Gasteiger partial charge is 0.291 e. The molecule has 1 aliphatic rings. The van der Waals surface area contributed by atoms with Crippen LogP contribution in [0.2, 0.25) is 0 Å². The van der Waals surface area contributed by atoms with Gasteiger partial charge < -0.3 is 0 Å². The van der Waals surface area contributed by atoms with Gasteiger partial charge in [-0.3, -0.25) is 9.59 Å². The fourth-order valence-corrected chi connectivity index (χ4v) is 2.77. The zero-order chi connectivity index (χ0) is 13.2. The molecule has 0 N–H and O–H groups in total. The summed E-state index contributed by atoms with van der Waals surface area (Å²) < 4.78 is 0. The number of hydrogen-bond acceptors (Lipinski definition) is 2. The minimum Gasteiger partial charge on any atom is -0.291 e. The first-order valence-electron chi connectivity index (χ1n) is 7.80. The highest BCUT2D eigenvalue weighted by Gasteiger charge is 2.29. The molecule has 104 valence electrons. The average Bonchev–Trinajstić information content (AvgIpc) is 2.67. The highest BCUT2D eigenvalue weighted by atomic mass is 16.2. The molecule has 18 heavy (non-hydrogen) atoms. The van der Waals surface area contributed by atoms with Crippen molar-refractivity contribution in [1.82, 2.24) is 0 Å². The predicted octanol–water partition coefficient (Wildman–Crippen LogP) is 4.46. The number of carbonyl (C=O) groups excluding carboxylic acids is 2. The summed E-state index contributed by atoms with van der Waals surface area (Å²) in [5, 5.41) is 0. The lowest BCUT2D eigenvalue weighted by atomic mass is 9.98. The molecule has 0 atom stereocenters. The first-order valence-corrected chi connectivity index (χ1v) is 7.80. The molecule has 0 heterocycles. The van der Waals surface area contributed by atoms with Crippen molar-refractivity contribution in [2.24, 2.45) is 5.92 Å². The van der Waals surface area contributed by atoms with E-state index in [1.165, 1.54) is 57.8 Å². The Morgan fingerprint density at radius 2 is 1.22 bits per heavy atom. The molecular formula is C16H28O2. The fraction of sp³-hybridized carbons (Fsp3) is 0.875. The Labute approximate surface area is 112 Å². The number of carbonyl (C=O) groups is 2. The van der Waals surface area contributed by atoms with E-state index in [9.17, 15) is 9.59 Å². The van der Waals surface area contributed by atoms with Crippen LogP contribution in [0.15, 0.2) is 0 Å². The Morgan fingerprint density at radius 1 is 0.778 bits per heavy atom. The summed E-state index contributed by atoms with van der Waals surface area (Å²) in [6.07, 6.45) is 14.1. The van der Waals surface area contributed by atoms with Gasteiger partial charge in [-0.1, -0.05) is 64.7 Å². The Balaban J connectivity index is 1.84. The summed E-state index contributed by atoms with van der Waals surface area (Å²) in [7, 11) is 0. The summed E-state index contributed by atoms with van der Waals surface area (Å²) in [4.78, 5) is 22.2. The van der Waals surface area contributed by atoms with Crippen LogP contribution in [0.1, 0.15) is 84.0 Å². The topological polar surface area (TPSA) is 34.1 Å². The van der Waals surface area contributed by atoms with Crippen molar-refractivity contribution in [2.45, 2.75) is 84.0 Å². The summed E-state index contributed by atoms with van der Waals surface area (Å²) in [6, 6.07) is 0. The molecule has 0 aromatic carbocycles. The van der Waals surface area contributed by atoms with Crippen LogP contribution < -0.4 is 0 Å². The predicted molar refractivity (Wildman–Crippen MR) is 74.6 cm³/mol.